The Morgan fingerprint density at radius 3 is 2.54 bits per heavy atom. The van der Waals surface area contributed by atoms with E-state index in [2.05, 4.69) is 22.4 Å². The second-order valence-electron chi connectivity index (χ2n) is 11.2. The fourth-order valence-electron chi connectivity index (χ4n) is 5.07. The summed E-state index contributed by atoms with van der Waals surface area (Å²) in [6.07, 6.45) is 3.05. The second kappa shape index (κ2) is 14.1. The minimum absolute atomic E-state index is 0.0330. The molecule has 0 spiro atoms. The van der Waals surface area contributed by atoms with Crippen LogP contribution in [0.1, 0.15) is 40.3 Å². The molecule has 0 saturated carbocycles. The molecule has 0 aliphatic carbocycles. The van der Waals surface area contributed by atoms with Crippen LogP contribution >= 0.6 is 11.6 Å². The average Bonchev–Trinajstić information content (AvgIpc) is 3.07. The number of ether oxygens (including phenoxy) is 4. The van der Waals surface area contributed by atoms with Crippen LogP contribution in [0.15, 0.2) is 60.9 Å². The lowest BCUT2D eigenvalue weighted by Crippen LogP contribution is -2.52. The molecule has 0 bridgehead atoms. The monoisotopic (exact) mass is 643 g/mol. The predicted octanol–water partition coefficient (Wildman–Crippen LogP) is 5.74. The number of rotatable bonds is 12. The number of hydrogen-bond donors (Lipinski definition) is 3. The van der Waals surface area contributed by atoms with Crippen LogP contribution in [0, 0.1) is 25.2 Å². The van der Waals surface area contributed by atoms with E-state index in [-0.39, 0.29) is 19.8 Å². The smallest absolute Gasteiger partial charge is 0.326 e. The van der Waals surface area contributed by atoms with Gasteiger partial charge in [-0.25, -0.2) is 0 Å². The molecule has 0 radical (unpaired) electrons. The Bertz CT molecular complexity index is 1810. The maximum absolute atomic E-state index is 11.7. The van der Waals surface area contributed by atoms with Gasteiger partial charge in [0, 0.05) is 41.7 Å². The largest absolute Gasteiger partial charge is 0.488 e. The molecular weight excluding hydrogens is 610 g/mol. The van der Waals surface area contributed by atoms with Gasteiger partial charge in [-0.3, -0.25) is 15.1 Å². The van der Waals surface area contributed by atoms with Crippen molar-refractivity contribution in [3.8, 4) is 40.2 Å². The van der Waals surface area contributed by atoms with E-state index in [4.69, 9.17) is 30.5 Å². The van der Waals surface area contributed by atoms with E-state index in [1.807, 2.05) is 38.1 Å². The van der Waals surface area contributed by atoms with Gasteiger partial charge in [0.25, 0.3) is 0 Å². The van der Waals surface area contributed by atoms with Crippen LogP contribution in [0.2, 0.25) is 5.02 Å². The molecule has 0 unspecified atom stereocenters. The van der Waals surface area contributed by atoms with E-state index in [9.17, 15) is 20.3 Å². The summed E-state index contributed by atoms with van der Waals surface area (Å²) in [7, 11) is 0. The number of halogens is 1. The standard InChI is InChI=1S/C35H34ClN3O7/c1-21-25(5-4-6-27(21)28-7-8-30-33(22(28)2)44-10-9-43-30)19-46-32-13-31(45-18-24-11-23(14-37)15-38-16-24)26(12-29(32)36)17-39-35(3,20-40)34(41)42/h4-8,11-13,15-16,39-40H,9-10,17-20H2,1-3H3,(H,41,42)/t35-/m1/s1. The molecule has 1 aromatic heterocycles. The van der Waals surface area contributed by atoms with Gasteiger partial charge in [0.2, 0.25) is 0 Å². The number of nitriles is 1. The number of carbonyl (C=O) groups is 1. The summed E-state index contributed by atoms with van der Waals surface area (Å²) in [4.78, 5) is 15.8. The van der Waals surface area contributed by atoms with Crippen molar-refractivity contribution >= 4 is 17.6 Å². The van der Waals surface area contributed by atoms with Crippen molar-refractivity contribution in [2.75, 3.05) is 19.8 Å². The Labute approximate surface area is 272 Å². The highest BCUT2D eigenvalue weighted by Crippen LogP contribution is 2.41. The number of benzene rings is 3. The highest BCUT2D eigenvalue weighted by molar-refractivity contribution is 6.32. The molecule has 0 amide bonds. The van der Waals surface area contributed by atoms with E-state index < -0.39 is 18.1 Å². The summed E-state index contributed by atoms with van der Waals surface area (Å²) in [5.74, 6) is 1.06. The summed E-state index contributed by atoms with van der Waals surface area (Å²) >= 11 is 6.68. The van der Waals surface area contributed by atoms with Crippen LogP contribution in [0.5, 0.6) is 23.0 Å². The third kappa shape index (κ3) is 7.02. The highest BCUT2D eigenvalue weighted by Gasteiger charge is 2.32. The molecule has 0 fully saturated rings. The fourth-order valence-corrected chi connectivity index (χ4v) is 5.31. The maximum atomic E-state index is 11.7. The van der Waals surface area contributed by atoms with E-state index >= 15 is 0 Å². The molecule has 46 heavy (non-hydrogen) atoms. The third-order valence-electron chi connectivity index (χ3n) is 7.97. The van der Waals surface area contributed by atoms with Crippen LogP contribution in [0.4, 0.5) is 0 Å². The molecule has 3 N–H and O–H groups in total. The van der Waals surface area contributed by atoms with Crippen molar-refractivity contribution in [2.24, 2.45) is 0 Å². The molecule has 11 heteroatoms. The van der Waals surface area contributed by atoms with Crippen LogP contribution < -0.4 is 24.3 Å². The normalized spacial score (nSPS) is 13.4. The molecule has 4 aromatic rings. The second-order valence-corrected chi connectivity index (χ2v) is 11.6. The Kier molecular flexibility index (Phi) is 9.97. The fraction of sp³-hybridized carbons (Fsp3) is 0.286. The lowest BCUT2D eigenvalue weighted by Gasteiger charge is -2.25. The molecule has 1 aliphatic rings. The van der Waals surface area contributed by atoms with Crippen molar-refractivity contribution in [1.29, 1.82) is 5.26 Å². The van der Waals surface area contributed by atoms with Crippen molar-refractivity contribution < 1.29 is 34.0 Å². The number of nitrogens with one attached hydrogen (secondary N) is 1. The van der Waals surface area contributed by atoms with Gasteiger partial charge >= 0.3 is 5.97 Å². The number of aliphatic hydroxyl groups excluding tert-OH is 1. The Morgan fingerprint density at radius 2 is 1.78 bits per heavy atom. The van der Waals surface area contributed by atoms with Gasteiger partial charge in [-0.05, 0) is 61.2 Å². The van der Waals surface area contributed by atoms with Gasteiger partial charge in [0.05, 0.1) is 17.2 Å². The van der Waals surface area contributed by atoms with Gasteiger partial charge in [0.1, 0.15) is 49.5 Å². The number of hydrogen-bond acceptors (Lipinski definition) is 9. The first-order valence-corrected chi connectivity index (χ1v) is 15.0. The lowest BCUT2D eigenvalue weighted by molar-refractivity contribution is -0.145. The van der Waals surface area contributed by atoms with Gasteiger partial charge in [-0.15, -0.1) is 0 Å². The SMILES string of the molecule is Cc1c(COc2cc(OCc3cncc(C#N)c3)c(CN[C@](C)(CO)C(=O)O)cc2Cl)cccc1-c1ccc2c(c1C)OCCO2. The maximum Gasteiger partial charge on any atom is 0.326 e. The molecule has 0 saturated heterocycles. The zero-order valence-corrected chi connectivity index (χ0v) is 26.5. The molecule has 5 rings (SSSR count). The number of aliphatic hydroxyl groups is 1. The van der Waals surface area contributed by atoms with Gasteiger partial charge in [-0.2, -0.15) is 5.26 Å². The average molecular weight is 644 g/mol. The van der Waals surface area contributed by atoms with Gasteiger partial charge in [0.15, 0.2) is 11.5 Å². The van der Waals surface area contributed by atoms with Crippen LogP contribution in [-0.2, 0) is 24.6 Å². The van der Waals surface area contributed by atoms with E-state index in [1.54, 1.807) is 24.4 Å². The summed E-state index contributed by atoms with van der Waals surface area (Å²) in [5.41, 5.74) is 5.12. The van der Waals surface area contributed by atoms with Gasteiger partial charge in [-0.1, -0.05) is 35.9 Å². The Balaban J connectivity index is 1.41. The molecule has 238 valence electrons. The Morgan fingerprint density at radius 1 is 1.02 bits per heavy atom. The topological polar surface area (TPSA) is 143 Å². The number of pyridine rings is 1. The van der Waals surface area contributed by atoms with Crippen molar-refractivity contribution in [3.05, 3.63) is 99.3 Å². The minimum atomic E-state index is -1.58. The number of carboxylic acids is 1. The first-order chi connectivity index (χ1) is 22.1. The first kappa shape index (κ1) is 32.6. The molecule has 3 aromatic carbocycles. The zero-order valence-electron chi connectivity index (χ0n) is 25.7. The van der Waals surface area contributed by atoms with E-state index in [0.29, 0.717) is 46.4 Å². The van der Waals surface area contributed by atoms with Gasteiger partial charge < -0.3 is 29.2 Å². The van der Waals surface area contributed by atoms with Crippen molar-refractivity contribution in [2.45, 2.75) is 46.1 Å². The predicted molar refractivity (Wildman–Crippen MR) is 171 cm³/mol. The summed E-state index contributed by atoms with van der Waals surface area (Å²) in [6.45, 7) is 6.20. The van der Waals surface area contributed by atoms with Crippen LogP contribution in [0.3, 0.4) is 0 Å². The number of aromatic nitrogens is 1. The van der Waals surface area contributed by atoms with Crippen molar-refractivity contribution in [1.82, 2.24) is 10.3 Å². The molecule has 1 atom stereocenters. The lowest BCUT2D eigenvalue weighted by atomic mass is 9.93. The van der Waals surface area contributed by atoms with E-state index in [1.165, 1.54) is 13.1 Å². The molecule has 1 aliphatic heterocycles. The minimum Gasteiger partial charge on any atom is -0.488 e. The van der Waals surface area contributed by atoms with Crippen molar-refractivity contribution in [3.63, 3.8) is 0 Å². The first-order valence-electron chi connectivity index (χ1n) is 14.6. The summed E-state index contributed by atoms with van der Waals surface area (Å²) in [6, 6.07) is 17.0. The number of aliphatic carboxylic acids is 1. The van der Waals surface area contributed by atoms with Crippen LogP contribution in [0.25, 0.3) is 11.1 Å². The highest BCUT2D eigenvalue weighted by atomic mass is 35.5. The number of carboxylic acid groups (broad SMARTS) is 1. The Hall–Kier alpha value is -4.82. The van der Waals surface area contributed by atoms with E-state index in [0.717, 1.165) is 39.3 Å². The third-order valence-corrected chi connectivity index (χ3v) is 8.26. The summed E-state index contributed by atoms with van der Waals surface area (Å²) < 4.78 is 24.0. The molecule has 2 heterocycles. The quantitative estimate of drug-likeness (QED) is 0.175. The number of nitrogens with zero attached hydrogens (tertiary/aromatic N) is 2. The molecule has 10 nitrogen and oxygen atoms in total. The zero-order chi connectivity index (χ0) is 32.8. The van der Waals surface area contributed by atoms with Crippen LogP contribution in [-0.4, -0.2) is 46.5 Å². The molecular formula is C35H34ClN3O7. The number of fused-ring (bicyclic) bond motifs is 1. The summed E-state index contributed by atoms with van der Waals surface area (Å²) in [5, 5.41) is 31.7.